The topological polar surface area (TPSA) is 182 Å². The Morgan fingerprint density at radius 3 is 2.56 bits per heavy atom. The Morgan fingerprint density at radius 1 is 1.21 bits per heavy atom. The van der Waals surface area contributed by atoms with Gasteiger partial charge in [-0.15, -0.1) is 0 Å². The zero-order chi connectivity index (χ0) is 41.1. The highest BCUT2D eigenvalue weighted by molar-refractivity contribution is 6.32. The van der Waals surface area contributed by atoms with E-state index < -0.39 is 65.0 Å². The van der Waals surface area contributed by atoms with E-state index in [1.54, 1.807) is 11.0 Å². The van der Waals surface area contributed by atoms with Gasteiger partial charge in [0.2, 0.25) is 0 Å². The van der Waals surface area contributed by atoms with Crippen molar-refractivity contribution in [1.29, 1.82) is 5.26 Å². The van der Waals surface area contributed by atoms with Crippen molar-refractivity contribution in [1.82, 2.24) is 40.0 Å². The molecule has 302 valence electrons. The summed E-state index contributed by atoms with van der Waals surface area (Å²) >= 11 is 6.47. The van der Waals surface area contributed by atoms with Gasteiger partial charge >= 0.3 is 12.3 Å². The summed E-state index contributed by atoms with van der Waals surface area (Å²) in [7, 11) is 0. The molecule has 3 atom stereocenters. The Hall–Kier alpha value is -5.38. The number of carbonyl (C=O) groups is 2. The summed E-state index contributed by atoms with van der Waals surface area (Å²) in [5.74, 6) is -1.69. The van der Waals surface area contributed by atoms with Gasteiger partial charge in [0.05, 0.1) is 35.1 Å². The molecule has 2 aromatic heterocycles. The van der Waals surface area contributed by atoms with Crippen LogP contribution in [0.2, 0.25) is 5.02 Å². The molecule has 2 fully saturated rings. The third kappa shape index (κ3) is 7.35. The number of halogens is 6. The number of alkyl halides is 5. The number of benzene rings is 1. The smallest absolute Gasteiger partial charge is 0.411 e. The fourth-order valence-electron chi connectivity index (χ4n) is 7.47. The molecule has 0 bridgehead atoms. The third-order valence-corrected chi connectivity index (χ3v) is 11.4. The van der Waals surface area contributed by atoms with Crippen LogP contribution in [0.5, 0.6) is 0 Å². The zero-order valence-electron chi connectivity index (χ0n) is 31.1. The van der Waals surface area contributed by atoms with E-state index in [1.165, 1.54) is 18.2 Å². The highest BCUT2D eigenvalue weighted by atomic mass is 35.5. The Balaban J connectivity index is 1.27. The highest BCUT2D eigenvalue weighted by Crippen LogP contribution is 2.54. The van der Waals surface area contributed by atoms with Crippen LogP contribution in [-0.4, -0.2) is 76.5 Å². The van der Waals surface area contributed by atoms with Gasteiger partial charge in [-0.1, -0.05) is 56.7 Å². The second-order valence-electron chi connectivity index (χ2n) is 15.9. The molecule has 3 heterocycles. The van der Waals surface area contributed by atoms with E-state index in [4.69, 9.17) is 27.1 Å². The molecule has 7 rings (SSSR count). The molecule has 20 heteroatoms. The second-order valence-corrected chi connectivity index (χ2v) is 16.3. The quantitative estimate of drug-likeness (QED) is 0.173. The second kappa shape index (κ2) is 14.2. The van der Waals surface area contributed by atoms with Crippen LogP contribution < -0.4 is 11.1 Å². The summed E-state index contributed by atoms with van der Waals surface area (Å²) in [6.45, 7) is 4.72. The molecule has 4 aliphatic rings. The number of nitrogens with one attached hydrogen (secondary N) is 1. The number of amides is 2. The molecule has 3 aliphatic carbocycles. The molecule has 2 saturated carbocycles. The number of aliphatic imine (C=N–C) groups is 1. The number of guanidine groups is 1. The lowest BCUT2D eigenvalue weighted by Crippen LogP contribution is -2.56. The predicted octanol–water partition coefficient (Wildman–Crippen LogP) is 6.92. The van der Waals surface area contributed by atoms with E-state index in [9.17, 15) is 32.0 Å². The van der Waals surface area contributed by atoms with Crippen LogP contribution in [0.25, 0.3) is 11.3 Å². The minimum atomic E-state index is -4.74. The monoisotopic (exact) mass is 815 g/mol. The summed E-state index contributed by atoms with van der Waals surface area (Å²) in [5, 5.41) is 24.5. The first kappa shape index (κ1) is 39.8. The first-order valence-corrected chi connectivity index (χ1v) is 18.6. The van der Waals surface area contributed by atoms with Crippen LogP contribution in [0.4, 0.5) is 26.7 Å². The van der Waals surface area contributed by atoms with Gasteiger partial charge in [0.1, 0.15) is 24.2 Å². The van der Waals surface area contributed by atoms with Crippen molar-refractivity contribution in [3.8, 4) is 11.8 Å². The Kier molecular flexibility index (Phi) is 9.94. The van der Waals surface area contributed by atoms with E-state index in [1.807, 2.05) is 44.3 Å². The molecule has 0 radical (unpaired) electrons. The number of hydrogen-bond acceptors (Lipinski definition) is 10. The van der Waals surface area contributed by atoms with Crippen LogP contribution >= 0.6 is 11.6 Å². The van der Waals surface area contributed by atoms with Crippen molar-refractivity contribution >= 4 is 35.1 Å². The molecule has 1 aromatic carbocycles. The minimum absolute atomic E-state index is 0.0240. The number of nitrogens with zero attached hydrogens (tertiary/aromatic N) is 9. The van der Waals surface area contributed by atoms with Gasteiger partial charge in [-0.25, -0.2) is 28.2 Å². The van der Waals surface area contributed by atoms with Gasteiger partial charge in [0, 0.05) is 11.8 Å². The average Bonchev–Trinajstić information content (AvgIpc) is 4.01. The minimum Gasteiger partial charge on any atom is -0.447 e. The summed E-state index contributed by atoms with van der Waals surface area (Å²) in [4.78, 5) is 39.6. The van der Waals surface area contributed by atoms with Crippen molar-refractivity contribution in [3.05, 3.63) is 71.1 Å². The maximum Gasteiger partial charge on any atom is 0.411 e. The predicted molar refractivity (Wildman–Crippen MR) is 195 cm³/mol. The lowest BCUT2D eigenvalue weighted by molar-refractivity contribution is -0.164. The van der Waals surface area contributed by atoms with Crippen LogP contribution in [0, 0.1) is 22.2 Å². The summed E-state index contributed by atoms with van der Waals surface area (Å²) in [5.41, 5.74) is 2.17. The van der Waals surface area contributed by atoms with Crippen molar-refractivity contribution in [3.63, 3.8) is 0 Å². The first-order valence-electron chi connectivity index (χ1n) is 18.2. The Labute approximate surface area is 328 Å². The van der Waals surface area contributed by atoms with E-state index in [-0.39, 0.29) is 60.4 Å². The molecule has 1 aliphatic heterocycles. The van der Waals surface area contributed by atoms with Gasteiger partial charge < -0.3 is 15.8 Å². The fraction of sp³-hybridized carbons (Fsp3) is 0.514. The number of nitriles is 1. The van der Waals surface area contributed by atoms with Gasteiger partial charge in [-0.05, 0) is 67.2 Å². The molecule has 3 aromatic rings. The molecular formula is C37H39ClF5N11O3. The number of aromatic nitrogens is 6. The van der Waals surface area contributed by atoms with Crippen LogP contribution in [0.15, 0.2) is 53.9 Å². The molecule has 3 N–H and O–H groups in total. The SMILES string of the molecule is CC(C)(CC#N)C[C@]1(C2(C)C=CC(c3cnn(C4CC4)n3)=CC2)N=C(N)N([C@H](COC(=O)NC2(C(F)(F)F)CC2)c2ccc(Cl)c(-n3ncnc3C(F)F)c2)C1=O. The molecule has 2 amide bonds. The standard InChI is InChI=1S/C37H39ClF5N11O3/c1-33(2,14-15-44)19-36(34(3)10-8-21(9-11-34)25-17-47-54(51-25)23-5-6-23)30(55)52(31(45)49-36)27(18-57-32(56)50-35(12-13-35)37(41,42)43)22-4-7-24(38)26(16-22)53-29(28(39)40)46-20-48-53/h4,7-10,16-17,20,23,27-28H,5-6,11-14,18-19H2,1-3H3,(H2,45,49)(H,50,56)/t27-,34?,36+/m1/s1. The zero-order valence-corrected chi connectivity index (χ0v) is 31.9. The Bertz CT molecular complexity index is 2220. The maximum absolute atomic E-state index is 15.3. The lowest BCUT2D eigenvalue weighted by atomic mass is 9.60. The largest absolute Gasteiger partial charge is 0.447 e. The molecule has 0 saturated heterocycles. The number of allylic oxidation sites excluding steroid dienone is 3. The van der Waals surface area contributed by atoms with Crippen molar-refractivity contribution < 1.29 is 36.3 Å². The van der Waals surface area contributed by atoms with Gasteiger partial charge in [0.25, 0.3) is 12.3 Å². The summed E-state index contributed by atoms with van der Waals surface area (Å²) in [6, 6.07) is 5.16. The lowest BCUT2D eigenvalue weighted by Gasteiger charge is -2.45. The van der Waals surface area contributed by atoms with Crippen molar-refractivity contribution in [2.45, 2.75) is 101 Å². The van der Waals surface area contributed by atoms with Crippen molar-refractivity contribution in [2.75, 3.05) is 6.61 Å². The summed E-state index contributed by atoms with van der Waals surface area (Å²) in [6.07, 6.45) is 0.641. The van der Waals surface area contributed by atoms with Crippen LogP contribution in [0.3, 0.4) is 0 Å². The van der Waals surface area contributed by atoms with Crippen molar-refractivity contribution in [2.24, 2.45) is 21.6 Å². The molecule has 0 spiro atoms. The number of rotatable bonds is 13. The normalized spacial score (nSPS) is 23.6. The number of nitrogens with two attached hydrogens (primary N) is 1. The van der Waals surface area contributed by atoms with Gasteiger partial charge in [0.15, 0.2) is 17.3 Å². The van der Waals surface area contributed by atoms with Crippen LogP contribution in [0.1, 0.15) is 101 Å². The van der Waals surface area contributed by atoms with E-state index in [2.05, 4.69) is 26.3 Å². The van der Waals surface area contributed by atoms with Gasteiger partial charge in [-0.2, -0.15) is 38.5 Å². The third-order valence-electron chi connectivity index (χ3n) is 11.1. The molecule has 14 nitrogen and oxygen atoms in total. The molecule has 1 unspecified atom stereocenters. The number of carbonyl (C=O) groups excluding carboxylic acids is 2. The number of hydrogen-bond donors (Lipinski definition) is 2. The number of alkyl carbamates (subject to hydrolysis) is 1. The highest BCUT2D eigenvalue weighted by Gasteiger charge is 2.65. The molecule has 57 heavy (non-hydrogen) atoms. The summed E-state index contributed by atoms with van der Waals surface area (Å²) < 4.78 is 75.3. The Morgan fingerprint density at radius 2 is 1.95 bits per heavy atom. The number of ether oxygens (including phenoxy) is 1. The van der Waals surface area contributed by atoms with E-state index in [0.717, 1.165) is 34.3 Å². The first-order chi connectivity index (χ1) is 26.8. The maximum atomic E-state index is 15.3. The van der Waals surface area contributed by atoms with Crippen LogP contribution in [-0.2, 0) is 9.53 Å². The van der Waals surface area contributed by atoms with E-state index in [0.29, 0.717) is 5.69 Å². The molecular weight excluding hydrogens is 777 g/mol. The van der Waals surface area contributed by atoms with E-state index >= 15 is 4.79 Å². The fourth-order valence-corrected chi connectivity index (χ4v) is 7.67. The average molecular weight is 816 g/mol. The van der Waals surface area contributed by atoms with Gasteiger partial charge in [-0.3, -0.25) is 9.69 Å².